The molecule has 0 bridgehead atoms. The van der Waals surface area contributed by atoms with Crippen molar-refractivity contribution in [2.45, 2.75) is 32.9 Å². The van der Waals surface area contributed by atoms with Gasteiger partial charge < -0.3 is 19.9 Å². The monoisotopic (exact) mass is 344 g/mol. The first kappa shape index (κ1) is 18.4. The summed E-state index contributed by atoms with van der Waals surface area (Å²) in [5.74, 6) is 0.866. The van der Waals surface area contributed by atoms with E-state index < -0.39 is 11.7 Å². The lowest BCUT2D eigenvalue weighted by Crippen LogP contribution is -2.27. The van der Waals surface area contributed by atoms with Gasteiger partial charge in [-0.05, 0) is 50.6 Å². The molecule has 0 aromatic heterocycles. The third-order valence-corrected chi connectivity index (χ3v) is 3.26. The Morgan fingerprint density at radius 1 is 1.12 bits per heavy atom. The Bertz CT molecular complexity index is 738. The predicted octanol–water partition coefficient (Wildman–Crippen LogP) is 4.36. The van der Waals surface area contributed by atoms with Crippen molar-refractivity contribution in [1.29, 1.82) is 0 Å². The third-order valence-electron chi connectivity index (χ3n) is 3.26. The molecule has 0 aliphatic carbocycles. The molecule has 0 radical (unpaired) electrons. The second-order valence-electron chi connectivity index (χ2n) is 6.56. The molecule has 3 N–H and O–H groups in total. The van der Waals surface area contributed by atoms with Gasteiger partial charge in [-0.2, -0.15) is 0 Å². The number of amides is 1. The maximum atomic E-state index is 12.0. The van der Waals surface area contributed by atoms with Gasteiger partial charge in [0, 0.05) is 12.6 Å². The number of nitrogens with one attached hydrogen (secondary N) is 2. The predicted molar refractivity (Wildman–Crippen MR) is 98.3 cm³/mol. The third kappa shape index (κ3) is 5.91. The van der Waals surface area contributed by atoms with Gasteiger partial charge in [-0.1, -0.05) is 12.1 Å². The Morgan fingerprint density at radius 3 is 2.52 bits per heavy atom. The van der Waals surface area contributed by atoms with Gasteiger partial charge in [0.2, 0.25) is 0 Å². The zero-order valence-electron chi connectivity index (χ0n) is 14.9. The highest BCUT2D eigenvalue weighted by molar-refractivity contribution is 5.90. The van der Waals surface area contributed by atoms with E-state index in [0.717, 1.165) is 5.56 Å². The van der Waals surface area contributed by atoms with E-state index in [1.165, 1.54) is 0 Å². The van der Waals surface area contributed by atoms with Crippen LogP contribution in [-0.2, 0) is 11.3 Å². The molecule has 0 atom stereocenters. The van der Waals surface area contributed by atoms with Gasteiger partial charge in [0.15, 0.2) is 0 Å². The number of benzene rings is 2. The summed E-state index contributed by atoms with van der Waals surface area (Å²) in [5.41, 5.74) is 1.60. The Kier molecular flexibility index (Phi) is 5.75. The molecule has 1 amide bonds. The fourth-order valence-corrected chi connectivity index (χ4v) is 2.18. The number of carbonyl (C=O) groups excluding carboxylic acids is 1. The molecule has 0 saturated heterocycles. The van der Waals surface area contributed by atoms with Gasteiger partial charge in [-0.25, -0.2) is 4.79 Å². The number of methoxy groups -OCH3 is 1. The topological polar surface area (TPSA) is 79.8 Å². The van der Waals surface area contributed by atoms with Gasteiger partial charge >= 0.3 is 6.09 Å². The van der Waals surface area contributed by atoms with Crippen LogP contribution in [0, 0.1) is 0 Å². The molecule has 2 rings (SSSR count). The molecule has 6 nitrogen and oxygen atoms in total. The number of phenolic OH excluding ortho intramolecular Hbond substituents is 1. The molecule has 134 valence electrons. The van der Waals surface area contributed by atoms with Crippen molar-refractivity contribution in [3.8, 4) is 11.5 Å². The number of anilines is 2. The molecule has 2 aromatic carbocycles. The second kappa shape index (κ2) is 7.79. The van der Waals surface area contributed by atoms with Gasteiger partial charge in [0.1, 0.15) is 17.1 Å². The molecule has 0 aliphatic rings. The van der Waals surface area contributed by atoms with Crippen molar-refractivity contribution in [3.05, 3.63) is 48.0 Å². The zero-order chi connectivity index (χ0) is 18.4. The van der Waals surface area contributed by atoms with Crippen LogP contribution in [0.2, 0.25) is 0 Å². The second-order valence-corrected chi connectivity index (χ2v) is 6.56. The van der Waals surface area contributed by atoms with Gasteiger partial charge in [0.05, 0.1) is 18.5 Å². The molecular weight excluding hydrogens is 320 g/mol. The van der Waals surface area contributed by atoms with Crippen LogP contribution in [0.25, 0.3) is 0 Å². The lowest BCUT2D eigenvalue weighted by atomic mass is 10.2. The number of aromatic hydroxyl groups is 1. The van der Waals surface area contributed by atoms with Crippen LogP contribution < -0.4 is 15.4 Å². The molecular formula is C19H24N2O4. The van der Waals surface area contributed by atoms with E-state index in [0.29, 0.717) is 23.7 Å². The Morgan fingerprint density at radius 2 is 1.88 bits per heavy atom. The van der Waals surface area contributed by atoms with Crippen LogP contribution in [0.5, 0.6) is 11.5 Å². The minimum Gasteiger partial charge on any atom is -0.508 e. The maximum Gasteiger partial charge on any atom is 0.412 e. The summed E-state index contributed by atoms with van der Waals surface area (Å²) in [4.78, 5) is 12.0. The number of ether oxygens (including phenoxy) is 2. The quantitative estimate of drug-likeness (QED) is 0.751. The first-order valence-corrected chi connectivity index (χ1v) is 7.96. The first-order chi connectivity index (χ1) is 11.8. The summed E-state index contributed by atoms with van der Waals surface area (Å²) in [6, 6.07) is 12.2. The fraction of sp³-hybridized carbons (Fsp3) is 0.316. The van der Waals surface area contributed by atoms with Crippen LogP contribution in [0.3, 0.4) is 0 Å². The minimum absolute atomic E-state index is 0.206. The van der Waals surface area contributed by atoms with E-state index in [-0.39, 0.29) is 5.75 Å². The van der Waals surface area contributed by atoms with Crippen LogP contribution in [0.1, 0.15) is 26.3 Å². The molecule has 25 heavy (non-hydrogen) atoms. The smallest absolute Gasteiger partial charge is 0.412 e. The van der Waals surface area contributed by atoms with Crippen molar-refractivity contribution in [3.63, 3.8) is 0 Å². The number of hydrogen-bond donors (Lipinski definition) is 3. The van der Waals surface area contributed by atoms with Crippen molar-refractivity contribution >= 4 is 17.5 Å². The largest absolute Gasteiger partial charge is 0.508 e. The van der Waals surface area contributed by atoms with E-state index in [9.17, 15) is 9.90 Å². The number of carbonyl (C=O) groups is 1. The highest BCUT2D eigenvalue weighted by Crippen LogP contribution is 2.28. The van der Waals surface area contributed by atoms with Crippen molar-refractivity contribution < 1.29 is 19.4 Å². The zero-order valence-corrected chi connectivity index (χ0v) is 14.9. The summed E-state index contributed by atoms with van der Waals surface area (Å²) in [5, 5.41) is 15.5. The van der Waals surface area contributed by atoms with Gasteiger partial charge in [-0.3, -0.25) is 5.32 Å². The molecule has 0 spiro atoms. The molecule has 0 fully saturated rings. The van der Waals surface area contributed by atoms with E-state index in [1.807, 2.05) is 26.8 Å². The Labute approximate surface area is 147 Å². The highest BCUT2D eigenvalue weighted by Gasteiger charge is 2.17. The molecule has 0 aliphatic heterocycles. The Balaban J connectivity index is 2.15. The average Bonchev–Trinajstić information content (AvgIpc) is 2.52. The summed E-state index contributed by atoms with van der Waals surface area (Å²) in [6.45, 7) is 5.90. The lowest BCUT2D eigenvalue weighted by Gasteiger charge is -2.21. The first-order valence-electron chi connectivity index (χ1n) is 7.96. The van der Waals surface area contributed by atoms with Crippen LogP contribution in [-0.4, -0.2) is 23.9 Å². The van der Waals surface area contributed by atoms with Crippen LogP contribution >= 0.6 is 0 Å². The van der Waals surface area contributed by atoms with Crippen molar-refractivity contribution in [2.24, 2.45) is 0 Å². The summed E-state index contributed by atoms with van der Waals surface area (Å²) in [7, 11) is 1.58. The molecule has 0 saturated carbocycles. The molecule has 0 unspecified atom stereocenters. The van der Waals surface area contributed by atoms with Crippen molar-refractivity contribution in [2.75, 3.05) is 17.7 Å². The van der Waals surface area contributed by atoms with Gasteiger partial charge in [0.25, 0.3) is 0 Å². The minimum atomic E-state index is -0.578. The molecule has 2 aromatic rings. The van der Waals surface area contributed by atoms with E-state index in [2.05, 4.69) is 10.6 Å². The molecule has 6 heteroatoms. The summed E-state index contributed by atoms with van der Waals surface area (Å²) in [6.07, 6.45) is -0.530. The standard InChI is InChI=1S/C19H24N2O4/c1-19(2,3)25-18(23)21-16-9-8-15(24-4)11-17(16)20-12-13-6-5-7-14(22)10-13/h5-11,20,22H,12H2,1-4H3,(H,21,23). The fourth-order valence-electron chi connectivity index (χ4n) is 2.18. The number of phenols is 1. The van der Waals surface area contributed by atoms with E-state index in [1.54, 1.807) is 43.5 Å². The Hall–Kier alpha value is -2.89. The SMILES string of the molecule is COc1ccc(NC(=O)OC(C)(C)C)c(NCc2cccc(O)c2)c1. The van der Waals surface area contributed by atoms with Crippen LogP contribution in [0.4, 0.5) is 16.2 Å². The highest BCUT2D eigenvalue weighted by atomic mass is 16.6. The summed E-state index contributed by atoms with van der Waals surface area (Å²) >= 11 is 0. The maximum absolute atomic E-state index is 12.0. The van der Waals surface area contributed by atoms with Crippen molar-refractivity contribution in [1.82, 2.24) is 0 Å². The normalized spacial score (nSPS) is 10.9. The number of hydrogen-bond acceptors (Lipinski definition) is 5. The van der Waals surface area contributed by atoms with E-state index >= 15 is 0 Å². The van der Waals surface area contributed by atoms with Gasteiger partial charge in [-0.15, -0.1) is 0 Å². The van der Waals surface area contributed by atoms with E-state index in [4.69, 9.17) is 9.47 Å². The lowest BCUT2D eigenvalue weighted by molar-refractivity contribution is 0.0636. The summed E-state index contributed by atoms with van der Waals surface area (Å²) < 4.78 is 10.5. The average molecular weight is 344 g/mol. The number of rotatable bonds is 5. The van der Waals surface area contributed by atoms with Crippen LogP contribution in [0.15, 0.2) is 42.5 Å². The molecule has 0 heterocycles.